The van der Waals surface area contributed by atoms with E-state index in [9.17, 15) is 19.5 Å². The number of aliphatic carboxylic acids is 1. The van der Waals surface area contributed by atoms with Gasteiger partial charge in [-0.15, -0.1) is 0 Å². The standard InChI is InChI=1S/C31H28N2O5/c1-38-28-18-16-25(22-10-6-3-7-11-22)20-27(28)33-31(37)26(17-19-29(34)35)32-30(36)24-14-12-23(13-15-24)21-8-4-2-5-9-21/h2-16,18,20,26H,17,19H2,1H3,(H,32,36)(H,33,37)(H,34,35)/t26-/m0/s1. The average Bonchev–Trinajstić information content (AvgIpc) is 2.96. The molecule has 192 valence electrons. The van der Waals surface area contributed by atoms with Gasteiger partial charge in [0.1, 0.15) is 11.8 Å². The van der Waals surface area contributed by atoms with Crippen molar-refractivity contribution in [3.63, 3.8) is 0 Å². The van der Waals surface area contributed by atoms with Gasteiger partial charge in [-0.1, -0.05) is 78.9 Å². The maximum absolute atomic E-state index is 13.3. The van der Waals surface area contributed by atoms with Crippen molar-refractivity contribution in [3.8, 4) is 28.0 Å². The number of nitrogens with one attached hydrogen (secondary N) is 2. The SMILES string of the molecule is COc1ccc(-c2ccccc2)cc1NC(=O)[C@H](CCC(=O)O)NC(=O)c1ccc(-c2ccccc2)cc1. The van der Waals surface area contributed by atoms with Crippen LogP contribution in [0, 0.1) is 0 Å². The van der Waals surface area contributed by atoms with Crippen LogP contribution in [0.2, 0.25) is 0 Å². The second-order valence-corrected chi connectivity index (χ2v) is 8.67. The van der Waals surface area contributed by atoms with Crippen LogP contribution in [0.25, 0.3) is 22.3 Å². The lowest BCUT2D eigenvalue weighted by Gasteiger charge is -2.19. The van der Waals surface area contributed by atoms with Crippen molar-refractivity contribution in [2.75, 3.05) is 12.4 Å². The van der Waals surface area contributed by atoms with Crippen molar-refractivity contribution in [2.24, 2.45) is 0 Å². The van der Waals surface area contributed by atoms with Crippen LogP contribution in [0.5, 0.6) is 5.75 Å². The van der Waals surface area contributed by atoms with E-state index in [1.165, 1.54) is 7.11 Å². The smallest absolute Gasteiger partial charge is 0.303 e. The number of amides is 2. The summed E-state index contributed by atoms with van der Waals surface area (Å²) >= 11 is 0. The molecule has 38 heavy (non-hydrogen) atoms. The molecule has 7 nitrogen and oxygen atoms in total. The molecule has 0 heterocycles. The molecular weight excluding hydrogens is 480 g/mol. The monoisotopic (exact) mass is 508 g/mol. The lowest BCUT2D eigenvalue weighted by atomic mass is 10.0. The number of ether oxygens (including phenoxy) is 1. The van der Waals surface area contributed by atoms with Gasteiger partial charge in [-0.2, -0.15) is 0 Å². The van der Waals surface area contributed by atoms with E-state index in [0.717, 1.165) is 22.3 Å². The highest BCUT2D eigenvalue weighted by molar-refractivity contribution is 6.02. The first-order valence-corrected chi connectivity index (χ1v) is 12.2. The third kappa shape index (κ3) is 6.64. The van der Waals surface area contributed by atoms with Crippen molar-refractivity contribution in [1.82, 2.24) is 5.32 Å². The highest BCUT2D eigenvalue weighted by Gasteiger charge is 2.24. The molecule has 0 spiro atoms. The second-order valence-electron chi connectivity index (χ2n) is 8.67. The van der Waals surface area contributed by atoms with E-state index in [1.807, 2.05) is 78.9 Å². The molecule has 0 aliphatic carbocycles. The Bertz CT molecular complexity index is 1400. The molecule has 0 aliphatic heterocycles. The molecule has 4 aromatic rings. The van der Waals surface area contributed by atoms with Crippen molar-refractivity contribution in [1.29, 1.82) is 0 Å². The maximum atomic E-state index is 13.3. The van der Waals surface area contributed by atoms with Crippen LogP contribution >= 0.6 is 0 Å². The van der Waals surface area contributed by atoms with E-state index in [1.54, 1.807) is 24.3 Å². The number of methoxy groups -OCH3 is 1. The number of hydrogen-bond donors (Lipinski definition) is 3. The first-order valence-electron chi connectivity index (χ1n) is 12.2. The second kappa shape index (κ2) is 12.4. The molecule has 0 saturated carbocycles. The fourth-order valence-electron chi connectivity index (χ4n) is 4.06. The Morgan fingerprint density at radius 2 is 1.32 bits per heavy atom. The summed E-state index contributed by atoms with van der Waals surface area (Å²) in [6.45, 7) is 0. The molecule has 0 saturated heterocycles. The summed E-state index contributed by atoms with van der Waals surface area (Å²) in [6.07, 6.45) is -0.359. The fraction of sp³-hybridized carbons (Fsp3) is 0.129. The van der Waals surface area contributed by atoms with Gasteiger partial charge in [0.05, 0.1) is 12.8 Å². The third-order valence-electron chi connectivity index (χ3n) is 6.09. The molecule has 4 rings (SSSR count). The van der Waals surface area contributed by atoms with Crippen LogP contribution in [-0.2, 0) is 9.59 Å². The first-order chi connectivity index (χ1) is 18.4. The van der Waals surface area contributed by atoms with Gasteiger partial charge in [-0.3, -0.25) is 14.4 Å². The predicted molar refractivity (Wildman–Crippen MR) is 147 cm³/mol. The molecule has 0 aromatic heterocycles. The largest absolute Gasteiger partial charge is 0.495 e. The summed E-state index contributed by atoms with van der Waals surface area (Å²) in [5.41, 5.74) is 4.58. The summed E-state index contributed by atoms with van der Waals surface area (Å²) in [4.78, 5) is 37.5. The summed E-state index contributed by atoms with van der Waals surface area (Å²) in [6, 6.07) is 30.8. The summed E-state index contributed by atoms with van der Waals surface area (Å²) in [7, 11) is 1.50. The van der Waals surface area contributed by atoms with E-state index in [0.29, 0.717) is 17.0 Å². The average molecular weight is 509 g/mol. The molecular formula is C31H28N2O5. The molecule has 7 heteroatoms. The molecule has 0 bridgehead atoms. The Labute approximate surface area is 221 Å². The Kier molecular flexibility index (Phi) is 8.51. The maximum Gasteiger partial charge on any atom is 0.303 e. The summed E-state index contributed by atoms with van der Waals surface area (Å²) in [5, 5.41) is 14.7. The highest BCUT2D eigenvalue weighted by atomic mass is 16.5. The Morgan fingerprint density at radius 1 is 0.763 bits per heavy atom. The summed E-state index contributed by atoms with van der Waals surface area (Å²) in [5.74, 6) is -1.63. The van der Waals surface area contributed by atoms with Gasteiger partial charge in [0.15, 0.2) is 0 Å². The number of anilines is 1. The molecule has 3 N–H and O–H groups in total. The molecule has 0 aliphatic rings. The van der Waals surface area contributed by atoms with Gasteiger partial charge in [-0.05, 0) is 52.9 Å². The van der Waals surface area contributed by atoms with Crippen LogP contribution in [-0.4, -0.2) is 36.0 Å². The minimum absolute atomic E-state index is 0.0737. The van der Waals surface area contributed by atoms with Crippen LogP contribution in [0.3, 0.4) is 0 Å². The molecule has 4 aromatic carbocycles. The van der Waals surface area contributed by atoms with E-state index >= 15 is 0 Å². The van der Waals surface area contributed by atoms with Gasteiger partial charge in [0, 0.05) is 12.0 Å². The predicted octanol–water partition coefficient (Wildman–Crippen LogP) is 5.63. The van der Waals surface area contributed by atoms with E-state index in [-0.39, 0.29) is 12.8 Å². The lowest BCUT2D eigenvalue weighted by Crippen LogP contribution is -2.44. The molecule has 0 fully saturated rings. The first kappa shape index (κ1) is 26.2. The topological polar surface area (TPSA) is 105 Å². The van der Waals surface area contributed by atoms with E-state index < -0.39 is 23.8 Å². The van der Waals surface area contributed by atoms with Crippen molar-refractivity contribution >= 4 is 23.5 Å². The van der Waals surface area contributed by atoms with Crippen LogP contribution in [0.15, 0.2) is 103 Å². The molecule has 0 unspecified atom stereocenters. The van der Waals surface area contributed by atoms with Gasteiger partial charge in [-0.25, -0.2) is 0 Å². The normalized spacial score (nSPS) is 11.3. The zero-order chi connectivity index (χ0) is 26.9. The fourth-order valence-corrected chi connectivity index (χ4v) is 4.06. The summed E-state index contributed by atoms with van der Waals surface area (Å²) < 4.78 is 5.42. The van der Waals surface area contributed by atoms with E-state index in [4.69, 9.17) is 4.74 Å². The van der Waals surface area contributed by atoms with Crippen LogP contribution in [0.4, 0.5) is 5.69 Å². The van der Waals surface area contributed by atoms with Crippen molar-refractivity contribution in [3.05, 3.63) is 109 Å². The third-order valence-corrected chi connectivity index (χ3v) is 6.09. The van der Waals surface area contributed by atoms with Crippen molar-refractivity contribution in [2.45, 2.75) is 18.9 Å². The minimum atomic E-state index is -1.07. The van der Waals surface area contributed by atoms with Crippen molar-refractivity contribution < 1.29 is 24.2 Å². The number of benzene rings is 4. The number of carbonyl (C=O) groups excluding carboxylic acids is 2. The number of carboxylic acids is 1. The zero-order valence-electron chi connectivity index (χ0n) is 20.9. The number of carbonyl (C=O) groups is 3. The highest BCUT2D eigenvalue weighted by Crippen LogP contribution is 2.31. The molecule has 0 radical (unpaired) electrons. The van der Waals surface area contributed by atoms with Crippen LogP contribution in [0.1, 0.15) is 23.2 Å². The minimum Gasteiger partial charge on any atom is -0.495 e. The van der Waals surface area contributed by atoms with Crippen LogP contribution < -0.4 is 15.4 Å². The zero-order valence-corrected chi connectivity index (χ0v) is 20.9. The van der Waals surface area contributed by atoms with Gasteiger partial charge in [0.2, 0.25) is 5.91 Å². The lowest BCUT2D eigenvalue weighted by molar-refractivity contribution is -0.137. The Morgan fingerprint density at radius 3 is 1.89 bits per heavy atom. The van der Waals surface area contributed by atoms with E-state index in [2.05, 4.69) is 10.6 Å². The number of rotatable bonds is 10. The van der Waals surface area contributed by atoms with Gasteiger partial charge < -0.3 is 20.5 Å². The number of carboxylic acid groups (broad SMARTS) is 1. The van der Waals surface area contributed by atoms with Gasteiger partial charge in [0.25, 0.3) is 5.91 Å². The Hall–Kier alpha value is -4.91. The van der Waals surface area contributed by atoms with Gasteiger partial charge >= 0.3 is 5.97 Å². The molecule has 1 atom stereocenters. The quantitative estimate of drug-likeness (QED) is 0.257. The number of hydrogen-bond acceptors (Lipinski definition) is 4. The molecule has 2 amide bonds. The Balaban J connectivity index is 1.52.